The maximum Gasteiger partial charge on any atom is 0.407 e. The topological polar surface area (TPSA) is 161 Å². The van der Waals surface area contributed by atoms with Crippen LogP contribution >= 0.6 is 11.6 Å². The summed E-state index contributed by atoms with van der Waals surface area (Å²) in [4.78, 5) is 23.2. The Labute approximate surface area is 220 Å². The third kappa shape index (κ3) is 5.22. The summed E-state index contributed by atoms with van der Waals surface area (Å²) in [6.07, 6.45) is 4.37. The highest BCUT2D eigenvalue weighted by molar-refractivity contribution is 6.36. The zero-order valence-corrected chi connectivity index (χ0v) is 21.8. The van der Waals surface area contributed by atoms with Crippen molar-refractivity contribution in [2.75, 3.05) is 35.7 Å². The van der Waals surface area contributed by atoms with Gasteiger partial charge in [-0.1, -0.05) is 18.5 Å². The second-order valence-corrected chi connectivity index (χ2v) is 9.89. The molecule has 2 fully saturated rings. The van der Waals surface area contributed by atoms with E-state index in [9.17, 15) is 4.79 Å². The van der Waals surface area contributed by atoms with Crippen molar-refractivity contribution in [1.29, 1.82) is 0 Å². The van der Waals surface area contributed by atoms with Gasteiger partial charge in [0.2, 0.25) is 5.95 Å². The molecule has 2 atom stereocenters. The molecule has 37 heavy (non-hydrogen) atoms. The number of methoxy groups -OCH3 is 1. The van der Waals surface area contributed by atoms with Gasteiger partial charge in [-0.2, -0.15) is 4.98 Å². The Morgan fingerprint density at radius 1 is 1.24 bits per heavy atom. The van der Waals surface area contributed by atoms with Crippen molar-refractivity contribution >= 4 is 46.5 Å². The van der Waals surface area contributed by atoms with Gasteiger partial charge in [0.25, 0.3) is 0 Å². The summed E-state index contributed by atoms with van der Waals surface area (Å²) in [5, 5.41) is 14.8. The summed E-state index contributed by atoms with van der Waals surface area (Å²) in [6.45, 7) is 4.08. The molecule has 7 N–H and O–H groups in total. The van der Waals surface area contributed by atoms with Gasteiger partial charge in [0.15, 0.2) is 11.5 Å². The van der Waals surface area contributed by atoms with Crippen molar-refractivity contribution in [1.82, 2.24) is 24.9 Å². The Bertz CT molecular complexity index is 1290. The summed E-state index contributed by atoms with van der Waals surface area (Å²) in [6, 6.07) is 4.23. The number of nitrogens with two attached hydrogens (primary N) is 2. The Hall–Kier alpha value is -3.35. The Morgan fingerprint density at radius 2 is 2.05 bits per heavy atom. The summed E-state index contributed by atoms with van der Waals surface area (Å²) in [7, 11) is 1.37. The first kappa shape index (κ1) is 25.3. The van der Waals surface area contributed by atoms with E-state index in [0.29, 0.717) is 53.8 Å². The van der Waals surface area contributed by atoms with E-state index in [4.69, 9.17) is 32.8 Å². The summed E-state index contributed by atoms with van der Waals surface area (Å²) in [5.74, 6) is 1.27. The second-order valence-electron chi connectivity index (χ2n) is 9.51. The molecule has 13 heteroatoms. The lowest BCUT2D eigenvalue weighted by atomic mass is 10.0. The summed E-state index contributed by atoms with van der Waals surface area (Å²) in [5.41, 5.74) is 15.7. The van der Waals surface area contributed by atoms with E-state index in [1.165, 1.54) is 7.11 Å². The first-order valence-electron chi connectivity index (χ1n) is 12.5. The number of hydrogen-bond acceptors (Lipinski definition) is 10. The minimum atomic E-state index is -0.436. The van der Waals surface area contributed by atoms with Crippen molar-refractivity contribution in [2.24, 2.45) is 17.4 Å². The van der Waals surface area contributed by atoms with E-state index in [2.05, 4.69) is 37.9 Å². The molecule has 0 bridgehead atoms. The van der Waals surface area contributed by atoms with Crippen molar-refractivity contribution in [3.05, 3.63) is 34.6 Å². The number of rotatable bonds is 9. The highest BCUT2D eigenvalue weighted by Crippen LogP contribution is 2.39. The predicted molar refractivity (Wildman–Crippen MR) is 143 cm³/mol. The smallest absolute Gasteiger partial charge is 0.407 e. The number of benzene rings is 1. The highest BCUT2D eigenvalue weighted by Gasteiger charge is 2.34. The van der Waals surface area contributed by atoms with Gasteiger partial charge in [-0.15, -0.1) is 5.10 Å². The average Bonchev–Trinajstić information content (AvgIpc) is 3.47. The van der Waals surface area contributed by atoms with Crippen LogP contribution < -0.4 is 32.3 Å². The monoisotopic (exact) mass is 528 g/mol. The molecule has 2 aromatic heterocycles. The molecule has 0 unspecified atom stereocenters. The number of ether oxygens (including phenoxy) is 1. The lowest BCUT2D eigenvalue weighted by Gasteiger charge is -2.23. The SMILES string of the molecule is CC[C@H]1CN(c2cc(CN)cc(Nc3nc(NC4CC4)c4ncc(CN)n4n3)c2Cl)C[C@H]1NC(=O)OC. The molecular weight excluding hydrogens is 496 g/mol. The molecule has 12 nitrogen and oxygen atoms in total. The lowest BCUT2D eigenvalue weighted by Crippen LogP contribution is -2.40. The first-order valence-corrected chi connectivity index (χ1v) is 12.9. The van der Waals surface area contributed by atoms with Crippen LogP contribution in [0.4, 0.5) is 27.9 Å². The molecule has 198 valence electrons. The number of aromatic nitrogens is 4. The molecule has 0 spiro atoms. The van der Waals surface area contributed by atoms with Crippen LogP contribution in [0.15, 0.2) is 18.3 Å². The second kappa shape index (κ2) is 10.6. The minimum absolute atomic E-state index is 0.0517. The van der Waals surface area contributed by atoms with E-state index < -0.39 is 6.09 Å². The van der Waals surface area contributed by atoms with E-state index in [1.54, 1.807) is 10.7 Å². The first-order chi connectivity index (χ1) is 17.9. The molecule has 1 aliphatic carbocycles. The zero-order chi connectivity index (χ0) is 26.1. The zero-order valence-electron chi connectivity index (χ0n) is 21.0. The quantitative estimate of drug-likeness (QED) is 0.279. The maximum absolute atomic E-state index is 11.9. The van der Waals surface area contributed by atoms with Gasteiger partial charge >= 0.3 is 6.09 Å². The van der Waals surface area contributed by atoms with E-state index in [-0.39, 0.29) is 12.0 Å². The number of anilines is 4. The molecular formula is C24H33ClN10O2. The van der Waals surface area contributed by atoms with E-state index in [0.717, 1.165) is 42.8 Å². The number of nitrogens with zero attached hydrogens (tertiary/aromatic N) is 5. The van der Waals surface area contributed by atoms with E-state index >= 15 is 0 Å². The van der Waals surface area contributed by atoms with E-state index in [1.807, 2.05) is 12.1 Å². The Balaban J connectivity index is 1.48. The number of nitrogens with one attached hydrogen (secondary N) is 3. The predicted octanol–water partition coefficient (Wildman–Crippen LogP) is 2.58. The molecule has 2 aliphatic rings. The number of halogens is 1. The molecule has 1 aliphatic heterocycles. The third-order valence-electron chi connectivity index (χ3n) is 6.95. The van der Waals surface area contributed by atoms with Crippen LogP contribution in [0.25, 0.3) is 5.65 Å². The lowest BCUT2D eigenvalue weighted by molar-refractivity contribution is 0.164. The van der Waals surface area contributed by atoms with Gasteiger partial charge in [-0.05, 0) is 42.9 Å². The molecule has 1 amide bonds. The largest absolute Gasteiger partial charge is 0.453 e. The maximum atomic E-state index is 11.9. The fourth-order valence-corrected chi connectivity index (χ4v) is 5.00. The molecule has 3 heterocycles. The number of alkyl carbamates (subject to hydrolysis) is 1. The normalized spacial score (nSPS) is 19.3. The van der Waals surface area contributed by atoms with Crippen LogP contribution in [-0.2, 0) is 17.8 Å². The number of amides is 1. The van der Waals surface area contributed by atoms with Gasteiger partial charge < -0.3 is 37.1 Å². The van der Waals surface area contributed by atoms with Crippen LogP contribution in [0.1, 0.15) is 37.4 Å². The molecule has 1 saturated heterocycles. The number of hydrogen-bond donors (Lipinski definition) is 5. The Kier molecular flexibility index (Phi) is 7.22. The number of carbonyl (C=O) groups excluding carboxylic acids is 1. The van der Waals surface area contributed by atoms with Crippen molar-refractivity contribution in [3.8, 4) is 0 Å². The highest BCUT2D eigenvalue weighted by atomic mass is 35.5. The van der Waals surface area contributed by atoms with Crippen molar-refractivity contribution in [3.63, 3.8) is 0 Å². The van der Waals surface area contributed by atoms with Crippen molar-refractivity contribution in [2.45, 2.75) is 51.4 Å². The van der Waals surface area contributed by atoms with Crippen LogP contribution in [-0.4, -0.2) is 58.0 Å². The third-order valence-corrected chi connectivity index (χ3v) is 7.35. The fourth-order valence-electron chi connectivity index (χ4n) is 4.72. The van der Waals surface area contributed by atoms with Gasteiger partial charge in [0, 0.05) is 32.2 Å². The van der Waals surface area contributed by atoms with Crippen LogP contribution in [0, 0.1) is 5.92 Å². The van der Waals surface area contributed by atoms with Gasteiger partial charge in [0.05, 0.1) is 41.4 Å². The van der Waals surface area contributed by atoms with Gasteiger partial charge in [0.1, 0.15) is 0 Å². The standard InChI is InChI=1S/C24H33ClN10O2/c1-3-14-11-34(12-18(14)31-24(36)37-2)19-7-13(8-26)6-17(20(19)25)30-23-32-21(29-15-4-5-15)22-28-10-16(9-27)35(22)33-23/h6-7,10,14-15,18H,3-5,8-9,11-12,26-27H2,1-2H3,(H,31,36)(H2,29,30,32,33)/t14-,18+/m0/s1. The van der Waals surface area contributed by atoms with Crippen LogP contribution in [0.3, 0.4) is 0 Å². The molecule has 0 radical (unpaired) electrons. The fraction of sp³-hybridized carbons (Fsp3) is 0.500. The number of carbonyl (C=O) groups is 1. The Morgan fingerprint density at radius 3 is 2.73 bits per heavy atom. The molecule has 3 aromatic rings. The summed E-state index contributed by atoms with van der Waals surface area (Å²) < 4.78 is 6.52. The summed E-state index contributed by atoms with van der Waals surface area (Å²) >= 11 is 6.96. The number of imidazole rings is 1. The minimum Gasteiger partial charge on any atom is -0.453 e. The molecule has 5 rings (SSSR count). The van der Waals surface area contributed by atoms with Crippen LogP contribution in [0.2, 0.25) is 5.02 Å². The van der Waals surface area contributed by atoms with Crippen molar-refractivity contribution < 1.29 is 9.53 Å². The average molecular weight is 529 g/mol. The van der Waals surface area contributed by atoms with Gasteiger partial charge in [-0.25, -0.2) is 14.3 Å². The number of fused-ring (bicyclic) bond motifs is 1. The molecule has 1 saturated carbocycles. The van der Waals surface area contributed by atoms with Gasteiger partial charge in [-0.3, -0.25) is 0 Å². The molecule has 1 aromatic carbocycles. The van der Waals surface area contributed by atoms with Crippen LogP contribution in [0.5, 0.6) is 0 Å².